The molecule has 118 valence electrons. The van der Waals surface area contributed by atoms with E-state index in [-0.39, 0.29) is 5.97 Å². The minimum atomic E-state index is -0.672. The van der Waals surface area contributed by atoms with Crippen LogP contribution in [-0.2, 0) is 9.53 Å². The molecule has 1 N–H and O–H groups in total. The van der Waals surface area contributed by atoms with E-state index >= 15 is 0 Å². The van der Waals surface area contributed by atoms with Gasteiger partial charge in [0.15, 0.2) is 0 Å². The van der Waals surface area contributed by atoms with Crippen LogP contribution in [0.4, 0.5) is 5.69 Å². The minimum absolute atomic E-state index is 0.207. The van der Waals surface area contributed by atoms with Crippen LogP contribution in [0.1, 0.15) is 52.4 Å². The number of hydrogen-bond acceptors (Lipinski definition) is 3. The van der Waals surface area contributed by atoms with Gasteiger partial charge in [0.2, 0.25) is 0 Å². The lowest BCUT2D eigenvalue weighted by Gasteiger charge is -2.29. The van der Waals surface area contributed by atoms with Crippen molar-refractivity contribution in [2.75, 3.05) is 12.4 Å². The summed E-state index contributed by atoms with van der Waals surface area (Å²) in [6, 6.07) is 7.84. The predicted molar refractivity (Wildman–Crippen MR) is 91.6 cm³/mol. The van der Waals surface area contributed by atoms with E-state index < -0.39 is 5.54 Å². The van der Waals surface area contributed by atoms with Crippen molar-refractivity contribution in [3.05, 3.63) is 28.7 Å². The van der Waals surface area contributed by atoms with Crippen LogP contribution in [0.5, 0.6) is 0 Å². The molecule has 0 heterocycles. The van der Waals surface area contributed by atoms with Crippen LogP contribution in [0.25, 0.3) is 0 Å². The fourth-order valence-electron chi connectivity index (χ4n) is 2.37. The number of carbonyl (C=O) groups excluding carboxylic acids is 1. The number of halogens is 1. The molecule has 0 spiro atoms. The Balaban J connectivity index is 2.64. The quantitative estimate of drug-likeness (QED) is 0.491. The van der Waals surface area contributed by atoms with E-state index in [4.69, 9.17) is 4.74 Å². The second-order valence-electron chi connectivity index (χ2n) is 5.62. The molecule has 0 amide bonds. The number of benzene rings is 1. The summed E-state index contributed by atoms with van der Waals surface area (Å²) in [5, 5.41) is 3.33. The Morgan fingerprint density at radius 1 is 1.19 bits per heavy atom. The van der Waals surface area contributed by atoms with Gasteiger partial charge < -0.3 is 10.1 Å². The number of rotatable bonds is 9. The number of carbonyl (C=O) groups is 1. The van der Waals surface area contributed by atoms with Gasteiger partial charge in [0.05, 0.1) is 7.11 Å². The zero-order chi connectivity index (χ0) is 15.7. The monoisotopic (exact) mass is 355 g/mol. The van der Waals surface area contributed by atoms with Crippen molar-refractivity contribution in [2.45, 2.75) is 57.9 Å². The number of ether oxygens (including phenoxy) is 1. The Labute approximate surface area is 136 Å². The first-order chi connectivity index (χ1) is 10.0. The van der Waals surface area contributed by atoms with Gasteiger partial charge in [0.1, 0.15) is 5.54 Å². The zero-order valence-electron chi connectivity index (χ0n) is 13.2. The molecule has 3 nitrogen and oxygen atoms in total. The maximum Gasteiger partial charge on any atom is 0.331 e. The topological polar surface area (TPSA) is 38.3 Å². The average molecular weight is 356 g/mol. The van der Waals surface area contributed by atoms with Gasteiger partial charge in [-0.2, -0.15) is 0 Å². The maximum atomic E-state index is 12.1. The third kappa shape index (κ3) is 6.08. The highest BCUT2D eigenvalue weighted by Crippen LogP contribution is 2.24. The highest BCUT2D eigenvalue weighted by atomic mass is 79.9. The molecule has 1 aromatic carbocycles. The molecule has 1 unspecified atom stereocenters. The standard InChI is InChI=1S/C17H26BrNO2/c1-4-5-6-7-8-13-17(2,16(20)21-3)19-15-11-9-14(18)10-12-15/h9-12,19H,4-8,13H2,1-3H3. The van der Waals surface area contributed by atoms with Crippen molar-refractivity contribution in [3.63, 3.8) is 0 Å². The van der Waals surface area contributed by atoms with Crippen LogP contribution in [-0.4, -0.2) is 18.6 Å². The molecule has 0 aliphatic rings. The number of nitrogens with one attached hydrogen (secondary N) is 1. The van der Waals surface area contributed by atoms with Gasteiger partial charge in [-0.3, -0.25) is 0 Å². The normalized spacial score (nSPS) is 13.5. The Bertz CT molecular complexity index is 433. The lowest BCUT2D eigenvalue weighted by molar-refractivity contribution is -0.145. The summed E-state index contributed by atoms with van der Waals surface area (Å²) in [5.41, 5.74) is 0.258. The molecule has 0 aromatic heterocycles. The molecule has 1 aromatic rings. The summed E-state index contributed by atoms with van der Waals surface area (Å²) in [7, 11) is 1.45. The maximum absolute atomic E-state index is 12.1. The van der Waals surface area contributed by atoms with Crippen molar-refractivity contribution in [1.29, 1.82) is 0 Å². The SMILES string of the molecule is CCCCCCCC(C)(Nc1ccc(Br)cc1)C(=O)OC. The van der Waals surface area contributed by atoms with Gasteiger partial charge >= 0.3 is 5.97 Å². The van der Waals surface area contributed by atoms with Crippen LogP contribution in [0.2, 0.25) is 0 Å². The highest BCUT2D eigenvalue weighted by molar-refractivity contribution is 9.10. The predicted octanol–water partition coefficient (Wildman–Crippen LogP) is 5.15. The number of unbranched alkanes of at least 4 members (excludes halogenated alkanes) is 4. The van der Waals surface area contributed by atoms with Gasteiger partial charge in [0.25, 0.3) is 0 Å². The fourth-order valence-corrected chi connectivity index (χ4v) is 2.64. The Hall–Kier alpha value is -1.03. The van der Waals surface area contributed by atoms with E-state index in [1.807, 2.05) is 31.2 Å². The van der Waals surface area contributed by atoms with Crippen molar-refractivity contribution < 1.29 is 9.53 Å². The molecule has 0 bridgehead atoms. The van der Waals surface area contributed by atoms with Crippen LogP contribution in [0.15, 0.2) is 28.7 Å². The second kappa shape index (κ2) is 9.08. The molecule has 4 heteroatoms. The lowest BCUT2D eigenvalue weighted by atomic mass is 9.93. The molecule has 0 saturated carbocycles. The van der Waals surface area contributed by atoms with E-state index in [9.17, 15) is 4.79 Å². The summed E-state index contributed by atoms with van der Waals surface area (Å²) >= 11 is 3.41. The zero-order valence-corrected chi connectivity index (χ0v) is 14.8. The third-order valence-corrected chi connectivity index (χ3v) is 4.21. The summed E-state index contributed by atoms with van der Waals surface area (Å²) < 4.78 is 6.00. The molecule has 0 radical (unpaired) electrons. The van der Waals surface area contributed by atoms with Gasteiger partial charge in [0, 0.05) is 10.2 Å². The number of methoxy groups -OCH3 is 1. The third-order valence-electron chi connectivity index (χ3n) is 3.68. The van der Waals surface area contributed by atoms with E-state index in [1.165, 1.54) is 26.4 Å². The fraction of sp³-hybridized carbons (Fsp3) is 0.588. The second-order valence-corrected chi connectivity index (χ2v) is 6.54. The average Bonchev–Trinajstić information content (AvgIpc) is 2.48. The Kier molecular flexibility index (Phi) is 7.79. The van der Waals surface area contributed by atoms with Crippen LogP contribution in [0.3, 0.4) is 0 Å². The number of esters is 1. The van der Waals surface area contributed by atoms with E-state index in [2.05, 4.69) is 28.2 Å². The van der Waals surface area contributed by atoms with E-state index in [0.29, 0.717) is 0 Å². The first kappa shape index (κ1) is 18.0. The summed E-state index contributed by atoms with van der Waals surface area (Å²) in [4.78, 5) is 12.1. The van der Waals surface area contributed by atoms with Gasteiger partial charge in [-0.25, -0.2) is 4.79 Å². The number of anilines is 1. The molecular weight excluding hydrogens is 330 g/mol. The first-order valence-corrected chi connectivity index (χ1v) is 8.43. The van der Waals surface area contributed by atoms with Crippen molar-refractivity contribution in [2.24, 2.45) is 0 Å². The molecule has 0 fully saturated rings. The van der Waals surface area contributed by atoms with Gasteiger partial charge in [-0.05, 0) is 37.6 Å². The van der Waals surface area contributed by atoms with Crippen LogP contribution >= 0.6 is 15.9 Å². The highest BCUT2D eigenvalue weighted by Gasteiger charge is 2.33. The minimum Gasteiger partial charge on any atom is -0.467 e. The first-order valence-electron chi connectivity index (χ1n) is 7.64. The molecule has 1 rings (SSSR count). The van der Waals surface area contributed by atoms with Gasteiger partial charge in [-0.1, -0.05) is 55.0 Å². The smallest absolute Gasteiger partial charge is 0.331 e. The molecular formula is C17H26BrNO2. The van der Waals surface area contributed by atoms with E-state index in [0.717, 1.165) is 29.4 Å². The largest absolute Gasteiger partial charge is 0.467 e. The van der Waals surface area contributed by atoms with E-state index in [1.54, 1.807) is 0 Å². The van der Waals surface area contributed by atoms with Crippen molar-refractivity contribution >= 4 is 27.6 Å². The summed E-state index contributed by atoms with van der Waals surface area (Å²) in [6.07, 6.45) is 6.67. The molecule has 0 saturated heterocycles. The number of hydrogen-bond donors (Lipinski definition) is 1. The Morgan fingerprint density at radius 2 is 1.81 bits per heavy atom. The van der Waals surface area contributed by atoms with Gasteiger partial charge in [-0.15, -0.1) is 0 Å². The molecule has 1 atom stereocenters. The summed E-state index contributed by atoms with van der Waals surface area (Å²) in [5.74, 6) is -0.207. The molecule has 21 heavy (non-hydrogen) atoms. The van der Waals surface area contributed by atoms with Crippen LogP contribution < -0.4 is 5.32 Å². The molecule has 0 aliphatic carbocycles. The van der Waals surface area contributed by atoms with Crippen LogP contribution in [0, 0.1) is 0 Å². The Morgan fingerprint density at radius 3 is 2.38 bits per heavy atom. The lowest BCUT2D eigenvalue weighted by Crippen LogP contribution is -2.44. The summed E-state index contributed by atoms with van der Waals surface area (Å²) in [6.45, 7) is 4.12. The van der Waals surface area contributed by atoms with Crippen molar-refractivity contribution in [1.82, 2.24) is 0 Å². The van der Waals surface area contributed by atoms with Crippen molar-refractivity contribution in [3.8, 4) is 0 Å². The molecule has 0 aliphatic heterocycles.